The first-order valence-corrected chi connectivity index (χ1v) is 6.21. The van der Waals surface area contributed by atoms with Crippen LogP contribution in [-0.2, 0) is 14.3 Å². The lowest BCUT2D eigenvalue weighted by molar-refractivity contribution is -0.125. The molecule has 0 radical (unpaired) electrons. The molecule has 19 heavy (non-hydrogen) atoms. The summed E-state index contributed by atoms with van der Waals surface area (Å²) in [4.78, 5) is 31.0. The monoisotopic (exact) mass is 268 g/mol. The van der Waals surface area contributed by atoms with Crippen LogP contribution < -0.4 is 0 Å². The standard InChI is InChI=1S/C14H24N2O3/c1-9(15-11(17)13(3,4)5)19-10(2)16-12(18)14(6,7)8/h1-8H3. The molecule has 5 nitrogen and oxygen atoms in total. The van der Waals surface area contributed by atoms with Crippen molar-refractivity contribution in [2.45, 2.75) is 55.4 Å². The maximum absolute atomic E-state index is 11.7. The van der Waals surface area contributed by atoms with Crippen molar-refractivity contribution < 1.29 is 14.3 Å². The summed E-state index contributed by atoms with van der Waals surface area (Å²) in [5.74, 6) is -0.189. The number of hydrogen-bond donors (Lipinski definition) is 0. The van der Waals surface area contributed by atoms with Crippen LogP contribution in [-0.4, -0.2) is 23.6 Å². The lowest BCUT2D eigenvalue weighted by Crippen LogP contribution is -2.22. The molecule has 0 spiro atoms. The van der Waals surface area contributed by atoms with Gasteiger partial charge in [-0.3, -0.25) is 9.59 Å². The van der Waals surface area contributed by atoms with Gasteiger partial charge in [0.05, 0.1) is 0 Å². The Morgan fingerprint density at radius 1 is 0.737 bits per heavy atom. The lowest BCUT2D eigenvalue weighted by atomic mass is 9.96. The largest absolute Gasteiger partial charge is 0.429 e. The third kappa shape index (κ3) is 6.84. The number of carbonyl (C=O) groups is 2. The molecule has 0 aliphatic heterocycles. The summed E-state index contributed by atoms with van der Waals surface area (Å²) >= 11 is 0. The van der Waals surface area contributed by atoms with E-state index in [4.69, 9.17) is 4.74 Å². The quantitative estimate of drug-likeness (QED) is 0.501. The minimum absolute atomic E-state index is 0.183. The topological polar surface area (TPSA) is 68.1 Å². The molecule has 2 amide bonds. The van der Waals surface area contributed by atoms with E-state index >= 15 is 0 Å². The normalized spacial score (nSPS) is 14.3. The van der Waals surface area contributed by atoms with E-state index < -0.39 is 10.8 Å². The summed E-state index contributed by atoms with van der Waals surface area (Å²) in [5.41, 5.74) is -1.12. The van der Waals surface area contributed by atoms with Gasteiger partial charge in [0, 0.05) is 24.7 Å². The molecule has 0 saturated heterocycles. The number of hydrogen-bond acceptors (Lipinski definition) is 3. The van der Waals surface area contributed by atoms with Crippen LogP contribution in [0, 0.1) is 10.8 Å². The average molecular weight is 268 g/mol. The van der Waals surface area contributed by atoms with Gasteiger partial charge in [0.2, 0.25) is 0 Å². The predicted octanol–water partition coefficient (Wildman–Crippen LogP) is 2.99. The Morgan fingerprint density at radius 3 is 1.21 bits per heavy atom. The van der Waals surface area contributed by atoms with Crippen LogP contribution in [0.25, 0.3) is 0 Å². The molecule has 0 fully saturated rings. The molecular formula is C14H24N2O3. The van der Waals surface area contributed by atoms with E-state index in [9.17, 15) is 9.59 Å². The first kappa shape index (κ1) is 17.5. The molecule has 0 N–H and O–H groups in total. The van der Waals surface area contributed by atoms with Crippen molar-refractivity contribution in [2.24, 2.45) is 20.8 Å². The molecule has 0 unspecified atom stereocenters. The first-order chi connectivity index (χ1) is 8.34. The van der Waals surface area contributed by atoms with Crippen molar-refractivity contribution in [3.8, 4) is 0 Å². The third-order valence-corrected chi connectivity index (χ3v) is 2.10. The van der Waals surface area contributed by atoms with E-state index in [1.807, 2.05) is 0 Å². The molecule has 0 saturated carbocycles. The van der Waals surface area contributed by atoms with Crippen LogP contribution in [0.4, 0.5) is 0 Å². The van der Waals surface area contributed by atoms with Gasteiger partial charge in [-0.2, -0.15) is 9.98 Å². The molecule has 0 rings (SSSR count). The molecule has 108 valence electrons. The van der Waals surface area contributed by atoms with Gasteiger partial charge in [-0.05, 0) is 0 Å². The lowest BCUT2D eigenvalue weighted by Gasteiger charge is -2.14. The van der Waals surface area contributed by atoms with Crippen LogP contribution in [0.1, 0.15) is 55.4 Å². The third-order valence-electron chi connectivity index (χ3n) is 2.10. The van der Waals surface area contributed by atoms with Crippen molar-refractivity contribution in [3.05, 3.63) is 0 Å². The van der Waals surface area contributed by atoms with Crippen LogP contribution >= 0.6 is 0 Å². The van der Waals surface area contributed by atoms with Gasteiger partial charge in [0.1, 0.15) is 0 Å². The zero-order valence-electron chi connectivity index (χ0n) is 13.1. The number of amides is 2. The van der Waals surface area contributed by atoms with Gasteiger partial charge < -0.3 is 4.74 Å². The molecule has 0 aromatic carbocycles. The fourth-order valence-electron chi connectivity index (χ4n) is 0.881. The number of rotatable bonds is 0. The first-order valence-electron chi connectivity index (χ1n) is 6.21. The molecule has 0 bridgehead atoms. The molecule has 0 aliphatic carbocycles. The molecule has 0 aliphatic rings. The van der Waals surface area contributed by atoms with E-state index in [2.05, 4.69) is 9.98 Å². The van der Waals surface area contributed by atoms with Gasteiger partial charge in [-0.15, -0.1) is 0 Å². The van der Waals surface area contributed by atoms with Gasteiger partial charge >= 0.3 is 0 Å². The zero-order chi connectivity index (χ0) is 15.4. The Hall–Kier alpha value is -1.52. The second-order valence-electron chi connectivity index (χ2n) is 6.47. The predicted molar refractivity (Wildman–Crippen MR) is 76.2 cm³/mol. The Labute approximate surface area is 115 Å². The van der Waals surface area contributed by atoms with Crippen molar-refractivity contribution in [1.29, 1.82) is 0 Å². The Kier molecular flexibility index (Phi) is 5.60. The summed E-state index contributed by atoms with van der Waals surface area (Å²) < 4.78 is 5.24. The Morgan fingerprint density at radius 2 is 1.00 bits per heavy atom. The highest BCUT2D eigenvalue weighted by molar-refractivity contribution is 6.00. The molecule has 0 heterocycles. The zero-order valence-corrected chi connectivity index (χ0v) is 13.1. The number of nitrogens with zero attached hydrogens (tertiary/aromatic N) is 2. The van der Waals surface area contributed by atoms with Crippen LogP contribution in [0.5, 0.6) is 0 Å². The van der Waals surface area contributed by atoms with Crippen molar-refractivity contribution in [2.75, 3.05) is 0 Å². The minimum Gasteiger partial charge on any atom is -0.429 e. The summed E-state index contributed by atoms with van der Waals surface area (Å²) in [6.07, 6.45) is 0. The van der Waals surface area contributed by atoms with Crippen molar-refractivity contribution >= 4 is 23.6 Å². The molecule has 0 aromatic rings. The fraction of sp³-hybridized carbons (Fsp3) is 0.714. The Balaban J connectivity index is 4.80. The van der Waals surface area contributed by atoms with Crippen LogP contribution in [0.3, 0.4) is 0 Å². The molecular weight excluding hydrogens is 244 g/mol. The molecule has 5 heteroatoms. The highest BCUT2D eigenvalue weighted by Crippen LogP contribution is 2.16. The number of ether oxygens (including phenoxy) is 1. The number of aliphatic imine (C=N–C) groups is 2. The fourth-order valence-corrected chi connectivity index (χ4v) is 0.881. The highest BCUT2D eigenvalue weighted by Gasteiger charge is 2.22. The Bertz CT molecular complexity index is 381. The van der Waals surface area contributed by atoms with E-state index in [0.717, 1.165) is 0 Å². The van der Waals surface area contributed by atoms with Gasteiger partial charge in [0.15, 0.2) is 11.8 Å². The average Bonchev–Trinajstić information content (AvgIpc) is 2.13. The van der Waals surface area contributed by atoms with E-state index in [1.165, 1.54) is 0 Å². The van der Waals surface area contributed by atoms with Crippen LogP contribution in [0.2, 0.25) is 0 Å². The van der Waals surface area contributed by atoms with Gasteiger partial charge in [0.25, 0.3) is 11.8 Å². The minimum atomic E-state index is -0.559. The SMILES string of the molecule is CC(=NC(=O)C(C)(C)C)OC(C)=NC(=O)C(C)(C)C. The van der Waals surface area contributed by atoms with Gasteiger partial charge in [-0.1, -0.05) is 41.5 Å². The van der Waals surface area contributed by atoms with Crippen molar-refractivity contribution in [1.82, 2.24) is 0 Å². The summed E-state index contributed by atoms with van der Waals surface area (Å²) in [6, 6.07) is 0. The smallest absolute Gasteiger partial charge is 0.254 e. The second-order valence-corrected chi connectivity index (χ2v) is 6.47. The van der Waals surface area contributed by atoms with E-state index in [-0.39, 0.29) is 23.6 Å². The maximum Gasteiger partial charge on any atom is 0.254 e. The highest BCUT2D eigenvalue weighted by atomic mass is 16.5. The summed E-state index contributed by atoms with van der Waals surface area (Å²) in [7, 11) is 0. The molecule has 0 aromatic heterocycles. The van der Waals surface area contributed by atoms with Crippen LogP contribution in [0.15, 0.2) is 9.98 Å². The van der Waals surface area contributed by atoms with E-state index in [0.29, 0.717) is 0 Å². The summed E-state index contributed by atoms with van der Waals surface area (Å²) in [5, 5.41) is 0. The molecule has 0 atom stereocenters. The maximum atomic E-state index is 11.7. The summed E-state index contributed by atoms with van der Waals surface area (Å²) in [6.45, 7) is 13.8. The second kappa shape index (κ2) is 6.08. The number of carbonyl (C=O) groups excluding carboxylic acids is 2. The van der Waals surface area contributed by atoms with Crippen molar-refractivity contribution in [3.63, 3.8) is 0 Å². The van der Waals surface area contributed by atoms with Gasteiger partial charge in [-0.25, -0.2) is 0 Å². The van der Waals surface area contributed by atoms with E-state index in [1.54, 1.807) is 55.4 Å².